The molecule has 10 nitrogen and oxygen atoms in total. The molecular weight excluding hydrogens is 517 g/mol. The molecule has 2 aromatic heterocycles. The van der Waals surface area contributed by atoms with Crippen LogP contribution in [0.5, 0.6) is 5.75 Å². The Morgan fingerprint density at radius 3 is 2.55 bits per heavy atom. The predicted molar refractivity (Wildman–Crippen MR) is 148 cm³/mol. The van der Waals surface area contributed by atoms with Gasteiger partial charge in [-0.15, -0.1) is 5.10 Å². The lowest BCUT2D eigenvalue weighted by Crippen LogP contribution is -2.26. The van der Waals surface area contributed by atoms with Crippen molar-refractivity contribution in [3.05, 3.63) is 106 Å². The predicted octanol–water partition coefficient (Wildman–Crippen LogP) is 4.57. The maximum Gasteiger partial charge on any atom is 0.352 e. The molecule has 4 rings (SSSR count). The van der Waals surface area contributed by atoms with Gasteiger partial charge < -0.3 is 19.5 Å². The van der Waals surface area contributed by atoms with Gasteiger partial charge in [0, 0.05) is 6.54 Å². The van der Waals surface area contributed by atoms with Gasteiger partial charge in [0.25, 0.3) is 5.91 Å². The third-order valence-corrected chi connectivity index (χ3v) is 5.87. The molecule has 0 radical (unpaired) electrons. The largest absolute Gasteiger partial charge is 0.501 e. The van der Waals surface area contributed by atoms with Crippen LogP contribution >= 0.6 is 0 Å². The number of benzene rings is 2. The van der Waals surface area contributed by atoms with Crippen LogP contribution in [0.25, 0.3) is 11.9 Å². The Labute approximate surface area is 230 Å². The number of anilines is 1. The third kappa shape index (κ3) is 6.44. The quantitative estimate of drug-likeness (QED) is 0.259. The van der Waals surface area contributed by atoms with Crippen LogP contribution in [-0.2, 0) is 29.2 Å². The molecule has 2 aromatic carbocycles. The summed E-state index contributed by atoms with van der Waals surface area (Å²) >= 11 is 0. The van der Waals surface area contributed by atoms with Crippen LogP contribution in [0.2, 0.25) is 0 Å². The van der Waals surface area contributed by atoms with E-state index in [4.69, 9.17) is 14.2 Å². The second-order valence-electron chi connectivity index (χ2n) is 8.47. The number of methoxy groups -OCH3 is 1. The number of ether oxygens (including phenoxy) is 3. The van der Waals surface area contributed by atoms with Crippen LogP contribution in [0, 0.1) is 5.82 Å². The van der Waals surface area contributed by atoms with Gasteiger partial charge in [0.15, 0.2) is 17.5 Å². The molecule has 0 saturated carbocycles. The summed E-state index contributed by atoms with van der Waals surface area (Å²) in [6.07, 6.45) is 2.77. The van der Waals surface area contributed by atoms with Gasteiger partial charge in [-0.25, -0.2) is 14.2 Å². The highest BCUT2D eigenvalue weighted by atomic mass is 19.1. The van der Waals surface area contributed by atoms with Crippen LogP contribution in [0.4, 0.5) is 10.1 Å². The zero-order valence-corrected chi connectivity index (χ0v) is 22.5. The standard InChI is InChI=1S/C29H30FN5O5/c1-4-34-26(19-40-18-20-11-7-6-8-12-20)33-35(29(34)37)27-22(30)17-21(23(31-27)15-16-39-5-2)28(36)32-24-13-9-10-14-25(24)38-3/h6-17H,4-5,18-19H2,1-3H3,(H,32,36). The summed E-state index contributed by atoms with van der Waals surface area (Å²) in [5.41, 5.74) is 0.790. The number of amides is 1. The number of para-hydroxylation sites is 2. The van der Waals surface area contributed by atoms with E-state index in [0.29, 0.717) is 37.0 Å². The lowest BCUT2D eigenvalue weighted by Gasteiger charge is -2.12. The molecule has 0 spiro atoms. The Morgan fingerprint density at radius 2 is 1.82 bits per heavy atom. The summed E-state index contributed by atoms with van der Waals surface area (Å²) in [5, 5.41) is 7.03. The maximum absolute atomic E-state index is 15.5. The van der Waals surface area contributed by atoms with Crippen LogP contribution in [0.15, 0.2) is 71.7 Å². The summed E-state index contributed by atoms with van der Waals surface area (Å²) in [4.78, 5) is 30.7. The summed E-state index contributed by atoms with van der Waals surface area (Å²) < 4.78 is 34.1. The number of carbonyl (C=O) groups excluding carboxylic acids is 1. The topological polar surface area (TPSA) is 110 Å². The van der Waals surface area contributed by atoms with E-state index in [9.17, 15) is 9.59 Å². The van der Waals surface area contributed by atoms with Crippen molar-refractivity contribution in [2.24, 2.45) is 0 Å². The summed E-state index contributed by atoms with van der Waals surface area (Å²) in [6.45, 7) is 4.59. The second kappa shape index (κ2) is 13.3. The number of aromatic nitrogens is 4. The summed E-state index contributed by atoms with van der Waals surface area (Å²) in [7, 11) is 1.48. The zero-order valence-electron chi connectivity index (χ0n) is 22.5. The highest BCUT2D eigenvalue weighted by Gasteiger charge is 2.22. The van der Waals surface area contributed by atoms with Crippen LogP contribution in [-0.4, -0.2) is 39.0 Å². The smallest absolute Gasteiger partial charge is 0.352 e. The molecule has 0 saturated heterocycles. The molecule has 40 heavy (non-hydrogen) atoms. The summed E-state index contributed by atoms with van der Waals surface area (Å²) in [6, 6.07) is 17.4. The molecule has 208 valence electrons. The van der Waals surface area contributed by atoms with E-state index in [2.05, 4.69) is 15.4 Å². The number of nitrogens with one attached hydrogen (secondary N) is 1. The maximum atomic E-state index is 15.5. The average Bonchev–Trinajstić information content (AvgIpc) is 3.29. The molecule has 0 aliphatic rings. The van der Waals surface area contributed by atoms with Crippen LogP contribution in [0.3, 0.4) is 0 Å². The molecule has 0 aliphatic heterocycles. The first kappa shape index (κ1) is 28.2. The van der Waals surface area contributed by atoms with E-state index in [-0.39, 0.29) is 23.7 Å². The van der Waals surface area contributed by atoms with E-state index in [0.717, 1.165) is 16.3 Å². The number of halogens is 1. The molecule has 1 amide bonds. The van der Waals surface area contributed by atoms with Gasteiger partial charge in [0.1, 0.15) is 12.4 Å². The van der Waals surface area contributed by atoms with Gasteiger partial charge in [0.05, 0.1) is 43.5 Å². The van der Waals surface area contributed by atoms with Crippen molar-refractivity contribution in [1.29, 1.82) is 0 Å². The minimum absolute atomic E-state index is 0.0308. The molecule has 0 fully saturated rings. The van der Waals surface area contributed by atoms with Crippen molar-refractivity contribution in [1.82, 2.24) is 19.3 Å². The van der Waals surface area contributed by atoms with Crippen molar-refractivity contribution < 1.29 is 23.4 Å². The Morgan fingerprint density at radius 1 is 1.07 bits per heavy atom. The number of pyridine rings is 1. The summed E-state index contributed by atoms with van der Waals surface area (Å²) in [5.74, 6) is -1.13. The van der Waals surface area contributed by atoms with Gasteiger partial charge in [-0.1, -0.05) is 42.5 Å². The normalized spacial score (nSPS) is 11.1. The van der Waals surface area contributed by atoms with Crippen molar-refractivity contribution in [3.63, 3.8) is 0 Å². The van der Waals surface area contributed by atoms with Crippen molar-refractivity contribution in [2.45, 2.75) is 33.6 Å². The van der Waals surface area contributed by atoms with Gasteiger partial charge in [-0.3, -0.25) is 9.36 Å². The van der Waals surface area contributed by atoms with E-state index in [1.54, 1.807) is 38.1 Å². The monoisotopic (exact) mass is 547 g/mol. The van der Waals surface area contributed by atoms with E-state index in [1.165, 1.54) is 24.0 Å². The van der Waals surface area contributed by atoms with E-state index in [1.807, 2.05) is 30.3 Å². The molecule has 1 N–H and O–H groups in total. The fraction of sp³-hybridized carbons (Fsp3) is 0.241. The first-order valence-electron chi connectivity index (χ1n) is 12.7. The van der Waals surface area contributed by atoms with Gasteiger partial charge >= 0.3 is 5.69 Å². The van der Waals surface area contributed by atoms with Crippen molar-refractivity contribution >= 4 is 17.7 Å². The van der Waals surface area contributed by atoms with Gasteiger partial charge in [-0.05, 0) is 43.7 Å². The number of nitrogens with zero attached hydrogens (tertiary/aromatic N) is 4. The minimum atomic E-state index is -0.904. The third-order valence-electron chi connectivity index (χ3n) is 5.87. The lowest BCUT2D eigenvalue weighted by atomic mass is 10.1. The van der Waals surface area contributed by atoms with Crippen LogP contribution in [0.1, 0.15) is 41.3 Å². The van der Waals surface area contributed by atoms with E-state index >= 15 is 4.39 Å². The second-order valence-corrected chi connectivity index (χ2v) is 8.47. The molecule has 0 aliphatic carbocycles. The lowest BCUT2D eigenvalue weighted by molar-refractivity contribution is 0.0989. The first-order valence-corrected chi connectivity index (χ1v) is 12.7. The molecule has 2 heterocycles. The Bertz CT molecular complexity index is 1550. The van der Waals surface area contributed by atoms with Gasteiger partial charge in [0.2, 0.25) is 0 Å². The number of hydrogen-bond donors (Lipinski definition) is 1. The molecule has 0 unspecified atom stereocenters. The first-order chi connectivity index (χ1) is 19.5. The van der Waals surface area contributed by atoms with Crippen molar-refractivity contribution in [2.75, 3.05) is 19.0 Å². The molecule has 0 bridgehead atoms. The number of carbonyl (C=O) groups is 1. The Kier molecular flexibility index (Phi) is 9.42. The molecule has 11 heteroatoms. The van der Waals surface area contributed by atoms with E-state index < -0.39 is 17.4 Å². The van der Waals surface area contributed by atoms with Gasteiger partial charge in [-0.2, -0.15) is 4.68 Å². The van der Waals surface area contributed by atoms with Crippen LogP contribution < -0.4 is 15.7 Å². The highest BCUT2D eigenvalue weighted by Crippen LogP contribution is 2.25. The SMILES string of the molecule is CCOC=Cc1nc(-n2nc(COCc3ccccc3)n(CC)c2=O)c(F)cc1C(=O)Nc1ccccc1OC. The molecule has 0 atom stereocenters. The van der Waals surface area contributed by atoms with Crippen molar-refractivity contribution in [3.8, 4) is 11.6 Å². The number of rotatable bonds is 12. The average molecular weight is 548 g/mol. The minimum Gasteiger partial charge on any atom is -0.501 e. The Balaban J connectivity index is 1.68. The Hall–Kier alpha value is -4.77. The highest BCUT2D eigenvalue weighted by molar-refractivity contribution is 6.07. The fourth-order valence-corrected chi connectivity index (χ4v) is 3.93. The number of hydrogen-bond acceptors (Lipinski definition) is 7. The molecular formula is C29H30FN5O5. The fourth-order valence-electron chi connectivity index (χ4n) is 3.93. The zero-order chi connectivity index (χ0) is 28.5. The molecule has 4 aromatic rings.